The number of hydrogen-bond acceptors (Lipinski definition) is 3. The van der Waals surface area contributed by atoms with Gasteiger partial charge in [0.25, 0.3) is 0 Å². The molecule has 1 aromatic rings. The van der Waals surface area contributed by atoms with Gasteiger partial charge in [-0.05, 0) is 44.3 Å². The number of fused-ring (bicyclic) bond motifs is 1. The topological polar surface area (TPSA) is 49.4 Å². The van der Waals surface area contributed by atoms with Crippen molar-refractivity contribution >= 4 is 17.9 Å². The zero-order chi connectivity index (χ0) is 15.8. The summed E-state index contributed by atoms with van der Waals surface area (Å²) in [6.07, 6.45) is -0.186. The molecule has 1 aliphatic rings. The smallest absolute Gasteiger partial charge is 0.241 e. The molecule has 1 aliphatic carbocycles. The van der Waals surface area contributed by atoms with Gasteiger partial charge in [-0.15, -0.1) is 0 Å². The van der Waals surface area contributed by atoms with Crippen LogP contribution in [0.25, 0.3) is 0 Å². The fourth-order valence-electron chi connectivity index (χ4n) is 2.36. The van der Waals surface area contributed by atoms with Crippen molar-refractivity contribution < 1.29 is 18.4 Å². The Morgan fingerprint density at radius 1 is 1.43 bits per heavy atom. The molecule has 4 nitrogen and oxygen atoms in total. The third kappa shape index (κ3) is 3.10. The van der Waals surface area contributed by atoms with Crippen LogP contribution in [0.3, 0.4) is 0 Å². The van der Waals surface area contributed by atoms with Crippen LogP contribution in [0.1, 0.15) is 18.1 Å². The minimum absolute atomic E-state index is 0.157. The van der Waals surface area contributed by atoms with E-state index in [4.69, 9.17) is 0 Å². The van der Waals surface area contributed by atoms with Gasteiger partial charge in [-0.3, -0.25) is 14.5 Å². The van der Waals surface area contributed by atoms with E-state index < -0.39 is 11.5 Å². The summed E-state index contributed by atoms with van der Waals surface area (Å²) >= 11 is 0. The van der Waals surface area contributed by atoms with Gasteiger partial charge in [-0.1, -0.05) is 0 Å². The van der Waals surface area contributed by atoms with Crippen LogP contribution in [-0.2, 0) is 22.4 Å². The molecule has 2 atom stereocenters. The van der Waals surface area contributed by atoms with Gasteiger partial charge < -0.3 is 5.32 Å². The molecular formula is C15H18F2N2O2. The first-order chi connectivity index (χ1) is 9.75. The maximum Gasteiger partial charge on any atom is 0.241 e. The molecule has 0 aliphatic heterocycles. The molecule has 114 valence electrons. The molecule has 1 N–H and O–H groups in total. The summed E-state index contributed by atoms with van der Waals surface area (Å²) in [5, 5.41) is 2.61. The highest BCUT2D eigenvalue weighted by Crippen LogP contribution is 2.35. The molecule has 0 saturated heterocycles. The maximum absolute atomic E-state index is 14.0. The van der Waals surface area contributed by atoms with Crippen molar-refractivity contribution in [1.82, 2.24) is 4.90 Å². The molecule has 6 heteroatoms. The van der Waals surface area contributed by atoms with Crippen LogP contribution in [0.15, 0.2) is 12.1 Å². The third-order valence-corrected chi connectivity index (χ3v) is 3.88. The van der Waals surface area contributed by atoms with Crippen molar-refractivity contribution in [3.05, 3.63) is 29.1 Å². The van der Waals surface area contributed by atoms with E-state index in [0.717, 1.165) is 6.07 Å². The predicted octanol–water partition coefficient (Wildman–Crippen LogP) is 1.72. The zero-order valence-electron chi connectivity index (χ0n) is 12.2. The van der Waals surface area contributed by atoms with Gasteiger partial charge in [-0.25, -0.2) is 8.78 Å². The summed E-state index contributed by atoms with van der Waals surface area (Å²) in [7, 11) is 3.52. The number of benzene rings is 1. The lowest BCUT2D eigenvalue weighted by atomic mass is 10.1. The normalized spacial score (nSPS) is 22.0. The van der Waals surface area contributed by atoms with Crippen LogP contribution in [0.4, 0.5) is 14.5 Å². The second-order valence-electron chi connectivity index (χ2n) is 5.73. The highest BCUT2D eigenvalue weighted by atomic mass is 19.1. The van der Waals surface area contributed by atoms with E-state index in [2.05, 4.69) is 5.32 Å². The quantitative estimate of drug-likeness (QED) is 0.861. The van der Waals surface area contributed by atoms with E-state index in [1.807, 2.05) is 0 Å². The highest BCUT2D eigenvalue weighted by molar-refractivity contribution is 5.94. The molecule has 0 aromatic heterocycles. The van der Waals surface area contributed by atoms with E-state index in [9.17, 15) is 18.4 Å². The molecule has 1 aromatic carbocycles. The average Bonchev–Trinajstić information content (AvgIpc) is 2.75. The van der Waals surface area contributed by atoms with E-state index in [1.54, 1.807) is 25.9 Å². The third-order valence-electron chi connectivity index (χ3n) is 3.88. The van der Waals surface area contributed by atoms with Crippen LogP contribution in [-0.4, -0.2) is 42.9 Å². The minimum atomic E-state index is -2.04. The van der Waals surface area contributed by atoms with Gasteiger partial charge >= 0.3 is 0 Å². The number of anilines is 1. The lowest BCUT2D eigenvalue weighted by Gasteiger charge is -2.19. The van der Waals surface area contributed by atoms with Crippen LogP contribution < -0.4 is 5.32 Å². The van der Waals surface area contributed by atoms with E-state index >= 15 is 0 Å². The monoisotopic (exact) mass is 296 g/mol. The molecule has 0 heterocycles. The molecule has 0 fully saturated rings. The average molecular weight is 296 g/mol. The maximum atomic E-state index is 14.0. The molecule has 2 rings (SSSR count). The van der Waals surface area contributed by atoms with Gasteiger partial charge in [0.2, 0.25) is 5.91 Å². The van der Waals surface area contributed by atoms with E-state index in [-0.39, 0.29) is 42.3 Å². The zero-order valence-corrected chi connectivity index (χ0v) is 12.2. The Bertz CT molecular complexity index is 589. The number of carbonyl (C=O) groups is 2. The van der Waals surface area contributed by atoms with Crippen molar-refractivity contribution in [2.24, 2.45) is 0 Å². The number of nitrogens with zero attached hydrogens (tertiary/aromatic N) is 1. The first-order valence-corrected chi connectivity index (χ1v) is 6.69. The second kappa shape index (κ2) is 5.52. The first-order valence-electron chi connectivity index (χ1n) is 6.69. The van der Waals surface area contributed by atoms with Crippen LogP contribution in [0.5, 0.6) is 0 Å². The van der Waals surface area contributed by atoms with Crippen molar-refractivity contribution in [1.29, 1.82) is 0 Å². The first kappa shape index (κ1) is 15.6. The lowest BCUT2D eigenvalue weighted by molar-refractivity contribution is -0.120. The molecule has 0 radical (unpaired) electrons. The number of hydrogen-bond donors (Lipinski definition) is 1. The van der Waals surface area contributed by atoms with Gasteiger partial charge in [-0.2, -0.15) is 0 Å². The Kier molecular flexibility index (Phi) is 4.09. The number of amides is 1. The standard InChI is InChI=1S/C15H18F2N2O2/c1-9(19(2)3)14(21)18-11-4-10-6-15(17,8-20)7-12(10)13(16)5-11/h4-5,8-9H,6-7H2,1-3H3,(H,18,21). The van der Waals surface area contributed by atoms with Crippen molar-refractivity contribution in [2.45, 2.75) is 31.5 Å². The predicted molar refractivity (Wildman–Crippen MR) is 75.5 cm³/mol. The lowest BCUT2D eigenvalue weighted by Crippen LogP contribution is -2.37. The number of aldehydes is 1. The fraction of sp³-hybridized carbons (Fsp3) is 0.467. The summed E-state index contributed by atoms with van der Waals surface area (Å²) in [6, 6.07) is 2.32. The molecule has 0 saturated carbocycles. The summed E-state index contributed by atoms with van der Waals surface area (Å²) in [4.78, 5) is 24.4. The summed E-state index contributed by atoms with van der Waals surface area (Å²) < 4.78 is 28.0. The molecule has 1 amide bonds. The number of halogens is 2. The van der Waals surface area contributed by atoms with Crippen molar-refractivity contribution in [3.8, 4) is 0 Å². The molecule has 0 spiro atoms. The minimum Gasteiger partial charge on any atom is -0.325 e. The Morgan fingerprint density at radius 2 is 2.10 bits per heavy atom. The Balaban J connectivity index is 2.23. The summed E-state index contributed by atoms with van der Waals surface area (Å²) in [5.74, 6) is -0.874. The number of rotatable bonds is 4. The van der Waals surface area contributed by atoms with Gasteiger partial charge in [0.15, 0.2) is 12.0 Å². The summed E-state index contributed by atoms with van der Waals surface area (Å²) in [6.45, 7) is 1.72. The molecule has 21 heavy (non-hydrogen) atoms. The van der Waals surface area contributed by atoms with E-state index in [0.29, 0.717) is 5.56 Å². The van der Waals surface area contributed by atoms with E-state index in [1.165, 1.54) is 6.07 Å². The van der Waals surface area contributed by atoms with Crippen molar-refractivity contribution in [2.75, 3.05) is 19.4 Å². The van der Waals surface area contributed by atoms with Crippen LogP contribution >= 0.6 is 0 Å². The van der Waals surface area contributed by atoms with Gasteiger partial charge in [0.05, 0.1) is 6.04 Å². The Hall–Kier alpha value is -1.82. The van der Waals surface area contributed by atoms with Crippen LogP contribution in [0, 0.1) is 5.82 Å². The number of likely N-dealkylation sites (N-methyl/N-ethyl adjacent to an activating group) is 1. The number of carbonyl (C=O) groups excluding carboxylic acids is 2. The Morgan fingerprint density at radius 3 is 2.67 bits per heavy atom. The summed E-state index contributed by atoms with van der Waals surface area (Å²) in [5.41, 5.74) is -1.12. The van der Waals surface area contributed by atoms with Gasteiger partial charge in [0, 0.05) is 18.5 Å². The molecule has 2 unspecified atom stereocenters. The van der Waals surface area contributed by atoms with Crippen LogP contribution in [0.2, 0.25) is 0 Å². The largest absolute Gasteiger partial charge is 0.325 e. The van der Waals surface area contributed by atoms with Gasteiger partial charge in [0.1, 0.15) is 5.82 Å². The Labute approximate surface area is 122 Å². The number of alkyl halides is 1. The fourth-order valence-corrected chi connectivity index (χ4v) is 2.36. The highest BCUT2D eigenvalue weighted by Gasteiger charge is 2.39. The molecular weight excluding hydrogens is 278 g/mol. The second-order valence-corrected chi connectivity index (χ2v) is 5.73. The van der Waals surface area contributed by atoms with Crippen molar-refractivity contribution in [3.63, 3.8) is 0 Å². The number of nitrogens with one attached hydrogen (secondary N) is 1. The molecule has 0 bridgehead atoms. The SMILES string of the molecule is CC(C(=O)Nc1cc(F)c2c(c1)CC(F)(C=O)C2)N(C)C.